The molecule has 0 radical (unpaired) electrons. The van der Waals surface area contributed by atoms with E-state index in [4.69, 9.17) is 4.74 Å². The highest BCUT2D eigenvalue weighted by Gasteiger charge is 2.28. The summed E-state index contributed by atoms with van der Waals surface area (Å²) in [6.45, 7) is -1.28. The van der Waals surface area contributed by atoms with Crippen LogP contribution in [0.4, 0.5) is 18.0 Å². The van der Waals surface area contributed by atoms with Gasteiger partial charge in [-0.05, 0) is 54.2 Å². The first kappa shape index (κ1) is 20.8. The largest absolute Gasteiger partial charge is 0.497 e. The second-order valence-electron chi connectivity index (χ2n) is 6.74. The molecule has 0 saturated heterocycles. The van der Waals surface area contributed by atoms with Crippen LogP contribution < -0.4 is 20.1 Å². The molecular weight excluding hydrogens is 387 g/mol. The highest BCUT2D eigenvalue weighted by molar-refractivity contribution is 5.74. The average molecular weight is 409 g/mol. The van der Waals surface area contributed by atoms with Crippen molar-refractivity contribution in [1.82, 2.24) is 15.6 Å². The summed E-state index contributed by atoms with van der Waals surface area (Å²) < 4.78 is 46.6. The van der Waals surface area contributed by atoms with Gasteiger partial charge in [0.2, 0.25) is 5.88 Å². The van der Waals surface area contributed by atoms with Crippen LogP contribution in [-0.2, 0) is 13.0 Å². The van der Waals surface area contributed by atoms with Crippen LogP contribution in [0.5, 0.6) is 11.6 Å². The third-order valence-corrected chi connectivity index (χ3v) is 4.61. The van der Waals surface area contributed by atoms with E-state index in [1.807, 2.05) is 18.2 Å². The zero-order chi connectivity index (χ0) is 20.9. The summed E-state index contributed by atoms with van der Waals surface area (Å²) in [7, 11) is 1.62. The number of aromatic nitrogens is 1. The van der Waals surface area contributed by atoms with E-state index in [1.165, 1.54) is 12.3 Å². The van der Waals surface area contributed by atoms with Gasteiger partial charge in [-0.1, -0.05) is 6.07 Å². The number of rotatable bonds is 6. The maximum atomic E-state index is 12.3. The minimum atomic E-state index is -4.43. The fourth-order valence-electron chi connectivity index (χ4n) is 3.25. The van der Waals surface area contributed by atoms with Crippen LogP contribution in [0.25, 0.3) is 0 Å². The molecule has 1 heterocycles. The van der Waals surface area contributed by atoms with E-state index in [0.717, 1.165) is 36.1 Å². The normalized spacial score (nSPS) is 15.9. The molecule has 29 heavy (non-hydrogen) atoms. The molecule has 0 bridgehead atoms. The smallest absolute Gasteiger partial charge is 0.422 e. The average Bonchev–Trinajstić information content (AvgIpc) is 2.70. The van der Waals surface area contributed by atoms with Crippen molar-refractivity contribution in [2.45, 2.75) is 38.0 Å². The van der Waals surface area contributed by atoms with E-state index in [0.29, 0.717) is 5.56 Å². The predicted octanol–water partition coefficient (Wildman–Crippen LogP) is 3.91. The van der Waals surface area contributed by atoms with Crippen LogP contribution in [0.3, 0.4) is 0 Å². The second-order valence-corrected chi connectivity index (χ2v) is 6.74. The van der Waals surface area contributed by atoms with Crippen molar-refractivity contribution in [2.75, 3.05) is 13.7 Å². The lowest BCUT2D eigenvalue weighted by Gasteiger charge is -2.27. The summed E-state index contributed by atoms with van der Waals surface area (Å²) in [5, 5.41) is 5.67. The number of benzene rings is 1. The van der Waals surface area contributed by atoms with E-state index < -0.39 is 12.8 Å². The first-order valence-electron chi connectivity index (χ1n) is 9.20. The summed E-state index contributed by atoms with van der Waals surface area (Å²) in [4.78, 5) is 16.1. The summed E-state index contributed by atoms with van der Waals surface area (Å²) >= 11 is 0. The molecule has 2 N–H and O–H groups in total. The summed E-state index contributed by atoms with van der Waals surface area (Å²) in [5.41, 5.74) is 2.81. The number of ether oxygens (including phenoxy) is 2. The molecule has 1 aliphatic carbocycles. The van der Waals surface area contributed by atoms with Crippen LogP contribution in [-0.4, -0.2) is 30.9 Å². The molecule has 1 aromatic heterocycles. The van der Waals surface area contributed by atoms with Gasteiger partial charge < -0.3 is 20.1 Å². The molecule has 3 rings (SSSR count). The minimum absolute atomic E-state index is 0.104. The molecule has 6 nitrogen and oxygen atoms in total. The number of carbonyl (C=O) groups excluding carboxylic acids is 1. The Labute approximate surface area is 166 Å². The van der Waals surface area contributed by atoms with Crippen LogP contribution in [0.2, 0.25) is 0 Å². The van der Waals surface area contributed by atoms with Crippen molar-refractivity contribution in [2.24, 2.45) is 0 Å². The summed E-state index contributed by atoms with van der Waals surface area (Å²) in [6.07, 6.45) is -0.377. The molecule has 2 amide bonds. The van der Waals surface area contributed by atoms with E-state index in [-0.39, 0.29) is 24.5 Å². The zero-order valence-electron chi connectivity index (χ0n) is 15.9. The van der Waals surface area contributed by atoms with Crippen LogP contribution in [0, 0.1) is 0 Å². The molecule has 0 saturated carbocycles. The SMILES string of the molecule is COc1ccc2c(c1)CCC[C@@H]2NC(=O)NCc1ccnc(OCC(F)(F)F)c1. The molecule has 0 unspecified atom stereocenters. The van der Waals surface area contributed by atoms with Crippen molar-refractivity contribution >= 4 is 6.03 Å². The van der Waals surface area contributed by atoms with Gasteiger partial charge in [-0.15, -0.1) is 0 Å². The number of hydrogen-bond donors (Lipinski definition) is 2. The van der Waals surface area contributed by atoms with Crippen molar-refractivity contribution < 1.29 is 27.4 Å². The zero-order valence-corrected chi connectivity index (χ0v) is 15.9. The number of carbonyl (C=O) groups is 1. The molecule has 1 aliphatic rings. The van der Waals surface area contributed by atoms with Crippen LogP contribution in [0.15, 0.2) is 36.5 Å². The Morgan fingerprint density at radius 1 is 1.28 bits per heavy atom. The summed E-state index contributed by atoms with van der Waals surface area (Å²) in [6, 6.07) is 8.33. The summed E-state index contributed by atoms with van der Waals surface area (Å²) in [5.74, 6) is 0.646. The van der Waals surface area contributed by atoms with Crippen LogP contribution in [0.1, 0.15) is 35.6 Å². The molecule has 0 spiro atoms. The molecule has 1 aromatic carbocycles. The number of pyridine rings is 1. The predicted molar refractivity (Wildman–Crippen MR) is 99.8 cm³/mol. The van der Waals surface area contributed by atoms with Crippen LogP contribution >= 0.6 is 0 Å². The van der Waals surface area contributed by atoms with E-state index in [9.17, 15) is 18.0 Å². The van der Waals surface area contributed by atoms with Gasteiger partial charge in [0.25, 0.3) is 0 Å². The lowest BCUT2D eigenvalue weighted by Crippen LogP contribution is -2.38. The number of amides is 2. The lowest BCUT2D eigenvalue weighted by atomic mass is 9.87. The molecule has 156 valence electrons. The van der Waals surface area contributed by atoms with Gasteiger partial charge in [0.05, 0.1) is 13.2 Å². The Morgan fingerprint density at radius 3 is 2.86 bits per heavy atom. The number of hydrogen-bond acceptors (Lipinski definition) is 4. The monoisotopic (exact) mass is 409 g/mol. The van der Waals surface area contributed by atoms with Gasteiger partial charge in [0.1, 0.15) is 5.75 Å². The van der Waals surface area contributed by atoms with Gasteiger partial charge in [-0.3, -0.25) is 0 Å². The van der Waals surface area contributed by atoms with E-state index in [1.54, 1.807) is 13.2 Å². The van der Waals surface area contributed by atoms with Crippen molar-refractivity contribution in [1.29, 1.82) is 0 Å². The van der Waals surface area contributed by atoms with E-state index in [2.05, 4.69) is 20.4 Å². The highest BCUT2D eigenvalue weighted by Crippen LogP contribution is 2.32. The van der Waals surface area contributed by atoms with Crippen molar-refractivity contribution in [3.05, 3.63) is 53.2 Å². The van der Waals surface area contributed by atoms with Gasteiger partial charge in [-0.25, -0.2) is 9.78 Å². The molecule has 0 fully saturated rings. The number of alkyl halides is 3. The Bertz CT molecular complexity index is 858. The number of fused-ring (bicyclic) bond motifs is 1. The van der Waals surface area contributed by atoms with Crippen molar-refractivity contribution in [3.63, 3.8) is 0 Å². The van der Waals surface area contributed by atoms with E-state index >= 15 is 0 Å². The maximum Gasteiger partial charge on any atom is 0.422 e. The maximum absolute atomic E-state index is 12.3. The van der Waals surface area contributed by atoms with Crippen molar-refractivity contribution in [3.8, 4) is 11.6 Å². The number of urea groups is 1. The second kappa shape index (κ2) is 9.02. The third kappa shape index (κ3) is 6.00. The lowest BCUT2D eigenvalue weighted by molar-refractivity contribution is -0.154. The number of methoxy groups -OCH3 is 1. The molecule has 1 atom stereocenters. The highest BCUT2D eigenvalue weighted by atomic mass is 19.4. The Balaban J connectivity index is 1.55. The van der Waals surface area contributed by atoms with Gasteiger partial charge in [0.15, 0.2) is 6.61 Å². The molecule has 0 aliphatic heterocycles. The number of nitrogens with one attached hydrogen (secondary N) is 2. The minimum Gasteiger partial charge on any atom is -0.497 e. The Hall–Kier alpha value is -2.97. The number of aryl methyl sites for hydroxylation is 1. The topological polar surface area (TPSA) is 72.5 Å². The van der Waals surface area contributed by atoms with Gasteiger partial charge in [0, 0.05) is 18.8 Å². The fraction of sp³-hybridized carbons (Fsp3) is 0.400. The quantitative estimate of drug-likeness (QED) is 0.759. The standard InChI is InChI=1S/C20H22F3N3O3/c1-28-15-5-6-16-14(10-15)3-2-4-17(16)26-19(27)25-11-13-7-8-24-18(9-13)29-12-20(21,22)23/h5-10,17H,2-4,11-12H2,1H3,(H2,25,26,27)/t17-/m0/s1. The molecule has 2 aromatic rings. The fourth-order valence-corrected chi connectivity index (χ4v) is 3.25. The Kier molecular flexibility index (Phi) is 6.46. The number of nitrogens with zero attached hydrogens (tertiary/aromatic N) is 1. The molecular formula is C20H22F3N3O3. The number of halogens is 3. The first-order valence-corrected chi connectivity index (χ1v) is 9.20. The third-order valence-electron chi connectivity index (χ3n) is 4.61. The van der Waals surface area contributed by atoms with Gasteiger partial charge in [-0.2, -0.15) is 13.2 Å². The Morgan fingerprint density at radius 2 is 2.10 bits per heavy atom. The van der Waals surface area contributed by atoms with Gasteiger partial charge >= 0.3 is 12.2 Å². The molecule has 9 heteroatoms. The first-order chi connectivity index (χ1) is 13.8.